The summed E-state index contributed by atoms with van der Waals surface area (Å²) in [5.41, 5.74) is 4.57. The topological polar surface area (TPSA) is 35.1 Å². The van der Waals surface area contributed by atoms with Crippen molar-refractivity contribution in [3.8, 4) is 0 Å². The molecule has 0 amide bonds. The molecule has 4 rings (SSSR count). The van der Waals surface area contributed by atoms with E-state index in [0.29, 0.717) is 18.5 Å². The Bertz CT molecular complexity index is 1080. The van der Waals surface area contributed by atoms with Crippen LogP contribution in [0.3, 0.4) is 0 Å². The maximum Gasteiger partial charge on any atom is 0.420 e. The van der Waals surface area contributed by atoms with E-state index in [0.717, 1.165) is 27.2 Å². The monoisotopic (exact) mass is 349 g/mol. The predicted molar refractivity (Wildman–Crippen MR) is 100 cm³/mol. The highest BCUT2D eigenvalue weighted by atomic mass is 35.5. The maximum absolute atomic E-state index is 12.2. The second kappa shape index (κ2) is 6.61. The number of nitrogens with zero attached hydrogens (tertiary/aromatic N) is 1. The van der Waals surface area contributed by atoms with E-state index in [1.165, 1.54) is 0 Å². The Morgan fingerprint density at radius 2 is 1.64 bits per heavy atom. The molecule has 3 aromatic carbocycles. The first-order chi connectivity index (χ1) is 12.2. The van der Waals surface area contributed by atoms with Crippen LogP contribution in [-0.4, -0.2) is 4.57 Å². The number of oxazole rings is 1. The highest BCUT2D eigenvalue weighted by Crippen LogP contribution is 2.22. The molecule has 124 valence electrons. The van der Waals surface area contributed by atoms with Gasteiger partial charge in [-0.2, -0.15) is 0 Å². The average Bonchev–Trinajstić information content (AvgIpc) is 2.93. The lowest BCUT2D eigenvalue weighted by Gasteiger charge is -2.05. The molecule has 0 unspecified atom stereocenters. The fourth-order valence-corrected chi connectivity index (χ4v) is 3.20. The normalized spacial score (nSPS) is 11.1. The van der Waals surface area contributed by atoms with Crippen LogP contribution in [0.4, 0.5) is 0 Å². The van der Waals surface area contributed by atoms with E-state index in [1.807, 2.05) is 72.8 Å². The van der Waals surface area contributed by atoms with Crippen molar-refractivity contribution in [3.63, 3.8) is 0 Å². The Balaban J connectivity index is 1.69. The van der Waals surface area contributed by atoms with Crippen molar-refractivity contribution in [2.75, 3.05) is 0 Å². The first-order valence-corrected chi connectivity index (χ1v) is 8.48. The van der Waals surface area contributed by atoms with E-state index in [4.69, 9.17) is 16.0 Å². The first-order valence-electron chi connectivity index (χ1n) is 8.10. The van der Waals surface area contributed by atoms with Gasteiger partial charge in [-0.1, -0.05) is 66.2 Å². The zero-order chi connectivity index (χ0) is 17.2. The van der Waals surface area contributed by atoms with Gasteiger partial charge in [0.05, 0.1) is 12.1 Å². The second-order valence-corrected chi connectivity index (χ2v) is 6.42. The maximum atomic E-state index is 12.2. The third-order valence-electron chi connectivity index (χ3n) is 4.27. The van der Waals surface area contributed by atoms with Crippen LogP contribution in [0.1, 0.15) is 16.7 Å². The molecule has 0 saturated carbocycles. The summed E-state index contributed by atoms with van der Waals surface area (Å²) in [5, 5.41) is 0.741. The molecule has 25 heavy (non-hydrogen) atoms. The molecule has 0 spiro atoms. The average molecular weight is 350 g/mol. The minimum atomic E-state index is -0.339. The van der Waals surface area contributed by atoms with Gasteiger partial charge in [-0.25, -0.2) is 4.79 Å². The van der Waals surface area contributed by atoms with E-state index in [9.17, 15) is 4.79 Å². The number of halogens is 1. The molecule has 0 N–H and O–H groups in total. The number of hydrogen-bond donors (Lipinski definition) is 0. The molecular weight excluding hydrogens is 334 g/mol. The van der Waals surface area contributed by atoms with Gasteiger partial charge in [0.25, 0.3) is 0 Å². The summed E-state index contributed by atoms with van der Waals surface area (Å²) in [5.74, 6) is -0.339. The minimum Gasteiger partial charge on any atom is -0.408 e. The van der Waals surface area contributed by atoms with Gasteiger partial charge in [0.15, 0.2) is 5.58 Å². The van der Waals surface area contributed by atoms with E-state index < -0.39 is 0 Å². The Morgan fingerprint density at radius 1 is 0.880 bits per heavy atom. The van der Waals surface area contributed by atoms with Crippen molar-refractivity contribution >= 4 is 22.7 Å². The molecular formula is C21H16ClNO2. The van der Waals surface area contributed by atoms with Gasteiger partial charge >= 0.3 is 5.76 Å². The fraction of sp³-hybridized carbons (Fsp3) is 0.0952. The van der Waals surface area contributed by atoms with Crippen molar-refractivity contribution in [1.29, 1.82) is 0 Å². The highest BCUT2D eigenvalue weighted by Gasteiger charge is 2.11. The molecule has 1 heterocycles. The van der Waals surface area contributed by atoms with Crippen LogP contribution in [0.2, 0.25) is 5.02 Å². The van der Waals surface area contributed by atoms with Crippen LogP contribution < -0.4 is 5.76 Å². The van der Waals surface area contributed by atoms with Crippen molar-refractivity contribution in [2.45, 2.75) is 13.0 Å². The fourth-order valence-electron chi connectivity index (χ4n) is 3.00. The Hall–Kier alpha value is -2.78. The zero-order valence-corrected chi connectivity index (χ0v) is 14.2. The van der Waals surface area contributed by atoms with Crippen LogP contribution in [0.25, 0.3) is 11.1 Å². The van der Waals surface area contributed by atoms with Crippen molar-refractivity contribution in [3.05, 3.63) is 105 Å². The van der Waals surface area contributed by atoms with Gasteiger partial charge in [-0.15, -0.1) is 0 Å². The van der Waals surface area contributed by atoms with Crippen molar-refractivity contribution in [1.82, 2.24) is 4.57 Å². The van der Waals surface area contributed by atoms with Crippen LogP contribution in [0.15, 0.2) is 82.0 Å². The smallest absolute Gasteiger partial charge is 0.408 e. The van der Waals surface area contributed by atoms with Gasteiger partial charge in [0, 0.05) is 5.02 Å². The molecule has 0 aliphatic carbocycles. The van der Waals surface area contributed by atoms with Gasteiger partial charge in [0.1, 0.15) is 0 Å². The van der Waals surface area contributed by atoms with Gasteiger partial charge in [0.2, 0.25) is 0 Å². The first kappa shape index (κ1) is 15.7. The molecule has 0 saturated heterocycles. The van der Waals surface area contributed by atoms with Crippen LogP contribution in [0.5, 0.6) is 0 Å². The van der Waals surface area contributed by atoms with E-state index in [2.05, 4.69) is 0 Å². The predicted octanol–water partition coefficient (Wildman–Crippen LogP) is 4.89. The second-order valence-electron chi connectivity index (χ2n) is 6.01. The summed E-state index contributed by atoms with van der Waals surface area (Å²) < 4.78 is 7.11. The molecule has 4 heteroatoms. The summed E-state index contributed by atoms with van der Waals surface area (Å²) in [6, 6.07) is 23.5. The van der Waals surface area contributed by atoms with Gasteiger partial charge in [-0.05, 0) is 41.3 Å². The number of hydrogen-bond acceptors (Lipinski definition) is 2. The van der Waals surface area contributed by atoms with Crippen LogP contribution in [0, 0.1) is 0 Å². The van der Waals surface area contributed by atoms with Crippen molar-refractivity contribution in [2.24, 2.45) is 0 Å². The van der Waals surface area contributed by atoms with Crippen LogP contribution >= 0.6 is 11.6 Å². The summed E-state index contributed by atoms with van der Waals surface area (Å²) in [7, 11) is 0. The van der Waals surface area contributed by atoms with Crippen molar-refractivity contribution < 1.29 is 4.42 Å². The SMILES string of the molecule is O=c1oc2cc(Cc3ccccc3Cl)ccc2n1Cc1ccccc1. The number of rotatable bonds is 4. The van der Waals surface area contributed by atoms with Gasteiger partial charge < -0.3 is 4.42 Å². The molecule has 0 bridgehead atoms. The van der Waals surface area contributed by atoms with Gasteiger partial charge in [-0.3, -0.25) is 4.57 Å². The molecule has 4 aromatic rings. The summed E-state index contributed by atoms with van der Waals surface area (Å²) in [4.78, 5) is 12.2. The lowest BCUT2D eigenvalue weighted by atomic mass is 10.0. The summed E-state index contributed by atoms with van der Waals surface area (Å²) in [6.45, 7) is 0.497. The van der Waals surface area contributed by atoms with E-state index >= 15 is 0 Å². The molecule has 0 aliphatic heterocycles. The molecule has 3 nitrogen and oxygen atoms in total. The minimum absolute atomic E-state index is 0.339. The summed E-state index contributed by atoms with van der Waals surface area (Å²) >= 11 is 6.23. The van der Waals surface area contributed by atoms with E-state index in [1.54, 1.807) is 4.57 Å². The third-order valence-corrected chi connectivity index (χ3v) is 4.64. The molecule has 1 aromatic heterocycles. The molecule has 0 fully saturated rings. The van der Waals surface area contributed by atoms with E-state index in [-0.39, 0.29) is 5.76 Å². The Morgan fingerprint density at radius 3 is 2.44 bits per heavy atom. The molecule has 0 radical (unpaired) electrons. The largest absolute Gasteiger partial charge is 0.420 e. The number of aromatic nitrogens is 1. The number of benzene rings is 3. The standard InChI is InChI=1S/C21H16ClNO2/c22-18-9-5-4-8-17(18)12-16-10-11-19-20(13-16)25-21(24)23(19)14-15-6-2-1-3-7-15/h1-11,13H,12,14H2. The Kier molecular flexibility index (Phi) is 4.16. The third kappa shape index (κ3) is 3.24. The lowest BCUT2D eigenvalue weighted by Crippen LogP contribution is -2.14. The summed E-state index contributed by atoms with van der Waals surface area (Å²) in [6.07, 6.45) is 0.698. The number of fused-ring (bicyclic) bond motifs is 1. The molecule has 0 atom stereocenters. The quantitative estimate of drug-likeness (QED) is 0.526. The molecule has 0 aliphatic rings. The highest BCUT2D eigenvalue weighted by molar-refractivity contribution is 6.31. The lowest BCUT2D eigenvalue weighted by molar-refractivity contribution is 0.517. The Labute approximate surface area is 150 Å². The van der Waals surface area contributed by atoms with Crippen LogP contribution in [-0.2, 0) is 13.0 Å². The zero-order valence-electron chi connectivity index (χ0n) is 13.5.